The number of hydrogen-bond donors (Lipinski definition) is 0. The lowest BCUT2D eigenvalue weighted by molar-refractivity contribution is 0.160. The molecule has 0 aliphatic carbocycles. The molecule has 0 spiro atoms. The molecule has 0 bridgehead atoms. The molecule has 4 nitrogen and oxygen atoms in total. The monoisotopic (exact) mass is 345 g/mol. The number of hydrogen-bond acceptors (Lipinski definition) is 4. The van der Waals surface area contributed by atoms with Gasteiger partial charge in [-0.05, 0) is 61.7 Å². The van der Waals surface area contributed by atoms with Gasteiger partial charge in [0.1, 0.15) is 5.52 Å². The maximum atomic E-state index is 8.93. The Bertz CT molecular complexity index is 936. The Kier molecular flexibility index (Phi) is 4.73. The highest BCUT2D eigenvalue weighted by atomic mass is 16.3. The van der Waals surface area contributed by atoms with Crippen LogP contribution >= 0.6 is 0 Å². The third-order valence-corrected chi connectivity index (χ3v) is 5.33. The molecule has 0 saturated carbocycles. The first-order valence-corrected chi connectivity index (χ1v) is 9.37. The molecule has 1 aromatic heterocycles. The van der Waals surface area contributed by atoms with Crippen molar-refractivity contribution in [1.29, 1.82) is 5.26 Å². The molecule has 132 valence electrons. The van der Waals surface area contributed by atoms with Gasteiger partial charge in [0.15, 0.2) is 11.5 Å². The summed E-state index contributed by atoms with van der Waals surface area (Å²) in [4.78, 5) is 7.24. The fourth-order valence-corrected chi connectivity index (χ4v) is 3.73. The molecule has 2 heterocycles. The lowest BCUT2D eigenvalue weighted by Crippen LogP contribution is -2.38. The van der Waals surface area contributed by atoms with E-state index in [9.17, 15) is 0 Å². The first-order chi connectivity index (χ1) is 12.7. The summed E-state index contributed by atoms with van der Waals surface area (Å²) < 4.78 is 5.94. The predicted octanol–water partition coefficient (Wildman–Crippen LogP) is 4.78. The van der Waals surface area contributed by atoms with E-state index in [-0.39, 0.29) is 0 Å². The fraction of sp³-hybridized carbons (Fsp3) is 0.364. The minimum absolute atomic E-state index is 0.663. The quantitative estimate of drug-likeness (QED) is 0.682. The number of rotatable bonds is 4. The van der Waals surface area contributed by atoms with Gasteiger partial charge in [-0.25, -0.2) is 4.98 Å². The zero-order valence-electron chi connectivity index (χ0n) is 15.1. The number of fused-ring (bicyclic) bond motifs is 1. The number of oxazole rings is 1. The van der Waals surface area contributed by atoms with E-state index in [1.807, 2.05) is 36.4 Å². The lowest BCUT2D eigenvalue weighted by Gasteiger charge is -2.32. The Morgan fingerprint density at radius 2 is 1.96 bits per heavy atom. The molecule has 0 radical (unpaired) electrons. The number of likely N-dealkylation sites (tertiary alicyclic amines) is 1. The Morgan fingerprint density at radius 3 is 2.73 bits per heavy atom. The van der Waals surface area contributed by atoms with Crippen LogP contribution in [0.5, 0.6) is 0 Å². The van der Waals surface area contributed by atoms with Crippen LogP contribution in [0.2, 0.25) is 0 Å². The zero-order chi connectivity index (χ0) is 17.9. The molecule has 0 amide bonds. The van der Waals surface area contributed by atoms with E-state index in [0.717, 1.165) is 41.1 Å². The summed E-state index contributed by atoms with van der Waals surface area (Å²) in [6.45, 7) is 4.51. The third kappa shape index (κ3) is 3.49. The topological polar surface area (TPSA) is 53.1 Å². The second kappa shape index (κ2) is 7.31. The van der Waals surface area contributed by atoms with Crippen LogP contribution < -0.4 is 0 Å². The van der Waals surface area contributed by atoms with Crippen molar-refractivity contribution in [2.75, 3.05) is 13.1 Å². The molecule has 4 rings (SSSR count). The van der Waals surface area contributed by atoms with Crippen LogP contribution in [0.3, 0.4) is 0 Å². The highest BCUT2D eigenvalue weighted by molar-refractivity contribution is 5.80. The average Bonchev–Trinajstić information content (AvgIpc) is 3.09. The minimum Gasteiger partial charge on any atom is -0.441 e. The molecule has 1 fully saturated rings. The Hall–Kier alpha value is -2.64. The number of benzene rings is 2. The van der Waals surface area contributed by atoms with Gasteiger partial charge in [-0.2, -0.15) is 5.26 Å². The molecule has 0 N–H and O–H groups in total. The second-order valence-electron chi connectivity index (χ2n) is 7.11. The van der Waals surface area contributed by atoms with Crippen molar-refractivity contribution < 1.29 is 4.42 Å². The van der Waals surface area contributed by atoms with E-state index in [1.54, 1.807) is 0 Å². The number of nitriles is 1. The molecule has 0 unspecified atom stereocenters. The number of aromatic nitrogens is 1. The third-order valence-electron chi connectivity index (χ3n) is 5.33. The Morgan fingerprint density at radius 1 is 1.15 bits per heavy atom. The summed E-state index contributed by atoms with van der Waals surface area (Å²) in [5.41, 5.74) is 4.58. The van der Waals surface area contributed by atoms with Crippen LogP contribution in [-0.4, -0.2) is 29.0 Å². The Balaban J connectivity index is 1.51. The SMILES string of the molecule is C[C@@H]1CCCCN1CCc1nc2cc(-c3ccc(C#N)cc3)ccc2o1. The summed E-state index contributed by atoms with van der Waals surface area (Å²) in [6, 6.07) is 16.5. The van der Waals surface area contributed by atoms with Gasteiger partial charge in [0.2, 0.25) is 0 Å². The highest BCUT2D eigenvalue weighted by Gasteiger charge is 2.18. The van der Waals surface area contributed by atoms with Crippen molar-refractivity contribution in [1.82, 2.24) is 9.88 Å². The molecular formula is C22H23N3O. The maximum Gasteiger partial charge on any atom is 0.196 e. The molecule has 1 saturated heterocycles. The average molecular weight is 345 g/mol. The van der Waals surface area contributed by atoms with Crippen LogP contribution in [0.4, 0.5) is 0 Å². The van der Waals surface area contributed by atoms with Gasteiger partial charge in [-0.3, -0.25) is 0 Å². The Labute approximate surface area is 154 Å². The smallest absolute Gasteiger partial charge is 0.196 e. The van der Waals surface area contributed by atoms with Crippen LogP contribution in [0.15, 0.2) is 46.9 Å². The zero-order valence-corrected chi connectivity index (χ0v) is 15.1. The van der Waals surface area contributed by atoms with Gasteiger partial charge < -0.3 is 9.32 Å². The van der Waals surface area contributed by atoms with Crippen LogP contribution in [-0.2, 0) is 6.42 Å². The van der Waals surface area contributed by atoms with E-state index in [1.165, 1.54) is 25.8 Å². The lowest BCUT2D eigenvalue weighted by atomic mass is 10.0. The summed E-state index contributed by atoms with van der Waals surface area (Å²) in [5, 5.41) is 8.93. The summed E-state index contributed by atoms with van der Waals surface area (Å²) in [6.07, 6.45) is 4.79. The standard InChI is InChI=1S/C22H23N3O/c1-16-4-2-3-12-25(16)13-11-22-24-20-14-19(9-10-21(20)26-22)18-7-5-17(15-23)6-8-18/h5-10,14,16H,2-4,11-13H2,1H3/t16-/m1/s1. The van der Waals surface area contributed by atoms with Crippen LogP contribution in [0.25, 0.3) is 22.2 Å². The van der Waals surface area contributed by atoms with Crippen molar-refractivity contribution in [2.24, 2.45) is 0 Å². The van der Waals surface area contributed by atoms with Gasteiger partial charge in [0.05, 0.1) is 11.6 Å². The van der Waals surface area contributed by atoms with Crippen LogP contribution in [0.1, 0.15) is 37.6 Å². The minimum atomic E-state index is 0.663. The van der Waals surface area contributed by atoms with Crippen molar-refractivity contribution in [2.45, 2.75) is 38.6 Å². The molecule has 1 atom stereocenters. The van der Waals surface area contributed by atoms with Crippen LogP contribution in [0, 0.1) is 11.3 Å². The van der Waals surface area contributed by atoms with E-state index < -0.39 is 0 Å². The van der Waals surface area contributed by atoms with Crippen molar-refractivity contribution >= 4 is 11.1 Å². The van der Waals surface area contributed by atoms with Gasteiger partial charge >= 0.3 is 0 Å². The number of piperidine rings is 1. The molecule has 1 aliphatic heterocycles. The van der Waals surface area contributed by atoms with Gasteiger partial charge in [-0.15, -0.1) is 0 Å². The van der Waals surface area contributed by atoms with E-state index in [4.69, 9.17) is 14.7 Å². The predicted molar refractivity (Wildman–Crippen MR) is 103 cm³/mol. The molecule has 4 heteroatoms. The normalized spacial score (nSPS) is 18.1. The highest BCUT2D eigenvalue weighted by Crippen LogP contribution is 2.25. The summed E-state index contributed by atoms with van der Waals surface area (Å²) in [7, 11) is 0. The summed E-state index contributed by atoms with van der Waals surface area (Å²) >= 11 is 0. The first kappa shape index (κ1) is 16.8. The van der Waals surface area contributed by atoms with Gasteiger partial charge in [0.25, 0.3) is 0 Å². The molecule has 26 heavy (non-hydrogen) atoms. The molecule has 2 aromatic carbocycles. The van der Waals surface area contributed by atoms with Crippen molar-refractivity contribution in [3.8, 4) is 17.2 Å². The fourth-order valence-electron chi connectivity index (χ4n) is 3.73. The van der Waals surface area contributed by atoms with Gasteiger partial charge in [0, 0.05) is 19.0 Å². The second-order valence-corrected chi connectivity index (χ2v) is 7.11. The summed E-state index contributed by atoms with van der Waals surface area (Å²) in [5.74, 6) is 0.815. The van der Waals surface area contributed by atoms with Crippen molar-refractivity contribution in [3.63, 3.8) is 0 Å². The first-order valence-electron chi connectivity index (χ1n) is 9.37. The molecule has 3 aromatic rings. The van der Waals surface area contributed by atoms with Crippen molar-refractivity contribution in [3.05, 3.63) is 53.9 Å². The van der Waals surface area contributed by atoms with Gasteiger partial charge in [-0.1, -0.05) is 24.6 Å². The maximum absolute atomic E-state index is 8.93. The largest absolute Gasteiger partial charge is 0.441 e. The number of nitrogens with zero attached hydrogens (tertiary/aromatic N) is 3. The molecular weight excluding hydrogens is 322 g/mol. The van der Waals surface area contributed by atoms with E-state index in [2.05, 4.69) is 24.0 Å². The molecule has 1 aliphatic rings. The van der Waals surface area contributed by atoms with E-state index in [0.29, 0.717) is 11.6 Å². The van der Waals surface area contributed by atoms with E-state index >= 15 is 0 Å².